The summed E-state index contributed by atoms with van der Waals surface area (Å²) in [6, 6.07) is 11.4. The fourth-order valence-corrected chi connectivity index (χ4v) is 4.23. The molecule has 4 rings (SSSR count). The minimum atomic E-state index is 0.0209. The lowest BCUT2D eigenvalue weighted by atomic mass is 9.89. The van der Waals surface area contributed by atoms with Gasteiger partial charge in [0.2, 0.25) is 0 Å². The molecule has 6 heteroatoms. The first-order chi connectivity index (χ1) is 15.1. The maximum atomic E-state index is 13.1. The number of nitrogens with one attached hydrogen (secondary N) is 1. The van der Waals surface area contributed by atoms with Crippen molar-refractivity contribution >= 4 is 16.8 Å². The summed E-state index contributed by atoms with van der Waals surface area (Å²) in [5, 5.41) is 1.20. The van der Waals surface area contributed by atoms with Crippen LogP contribution in [0.2, 0.25) is 0 Å². The van der Waals surface area contributed by atoms with E-state index in [-0.39, 0.29) is 5.91 Å². The van der Waals surface area contributed by atoms with Crippen LogP contribution in [-0.2, 0) is 0 Å². The Balaban J connectivity index is 1.45. The second-order valence-corrected chi connectivity index (χ2v) is 7.69. The number of hydrogen-bond acceptors (Lipinski definition) is 4. The van der Waals surface area contributed by atoms with Crippen LogP contribution in [0.3, 0.4) is 0 Å². The van der Waals surface area contributed by atoms with Crippen LogP contribution in [0.5, 0.6) is 17.2 Å². The number of methoxy groups -OCH3 is 2. The fraction of sp³-hybridized carbons (Fsp3) is 0.320. The van der Waals surface area contributed by atoms with Crippen molar-refractivity contribution in [1.29, 1.82) is 0 Å². The topological polar surface area (TPSA) is 63.8 Å². The quantitative estimate of drug-likeness (QED) is 0.559. The number of amides is 1. The van der Waals surface area contributed by atoms with E-state index in [2.05, 4.69) is 23.8 Å². The van der Waals surface area contributed by atoms with Gasteiger partial charge in [-0.05, 0) is 60.7 Å². The van der Waals surface area contributed by atoms with Gasteiger partial charge in [-0.15, -0.1) is 0 Å². The first-order valence-electron chi connectivity index (χ1n) is 10.5. The van der Waals surface area contributed by atoms with Gasteiger partial charge in [-0.2, -0.15) is 0 Å². The van der Waals surface area contributed by atoms with Crippen LogP contribution < -0.4 is 14.2 Å². The molecule has 1 aliphatic rings. The molecule has 6 nitrogen and oxygen atoms in total. The molecule has 2 heterocycles. The molecule has 0 bridgehead atoms. The third kappa shape index (κ3) is 4.24. The predicted molar refractivity (Wildman–Crippen MR) is 121 cm³/mol. The number of rotatable bonds is 7. The van der Waals surface area contributed by atoms with Crippen LogP contribution in [0.15, 0.2) is 55.3 Å². The number of likely N-dealkylation sites (tertiary alicyclic amines) is 1. The smallest absolute Gasteiger partial charge is 0.253 e. The average Bonchev–Trinajstić information content (AvgIpc) is 3.25. The van der Waals surface area contributed by atoms with Gasteiger partial charge < -0.3 is 24.1 Å². The Hall–Kier alpha value is -3.41. The van der Waals surface area contributed by atoms with Gasteiger partial charge in [-0.3, -0.25) is 4.79 Å². The molecule has 0 spiro atoms. The third-order valence-electron chi connectivity index (χ3n) is 5.91. The highest BCUT2D eigenvalue weighted by atomic mass is 16.5. The van der Waals surface area contributed by atoms with Crippen molar-refractivity contribution in [2.24, 2.45) is 0 Å². The zero-order valence-electron chi connectivity index (χ0n) is 18.0. The van der Waals surface area contributed by atoms with Crippen LogP contribution >= 0.6 is 0 Å². The van der Waals surface area contributed by atoms with Gasteiger partial charge >= 0.3 is 0 Å². The molecule has 1 amide bonds. The number of carbonyl (C=O) groups is 1. The van der Waals surface area contributed by atoms with E-state index in [1.165, 1.54) is 10.9 Å². The predicted octanol–water partition coefficient (Wildman–Crippen LogP) is 4.77. The second kappa shape index (κ2) is 9.16. The Morgan fingerprint density at radius 1 is 1.13 bits per heavy atom. The highest BCUT2D eigenvalue weighted by Crippen LogP contribution is 2.35. The average molecular weight is 421 g/mol. The Morgan fingerprint density at radius 2 is 1.94 bits per heavy atom. The van der Waals surface area contributed by atoms with E-state index >= 15 is 0 Å². The van der Waals surface area contributed by atoms with Gasteiger partial charge in [0, 0.05) is 35.8 Å². The van der Waals surface area contributed by atoms with E-state index in [0.29, 0.717) is 29.6 Å². The van der Waals surface area contributed by atoms with Gasteiger partial charge in [0.1, 0.15) is 12.4 Å². The summed E-state index contributed by atoms with van der Waals surface area (Å²) in [5.74, 6) is 2.44. The lowest BCUT2D eigenvalue weighted by molar-refractivity contribution is 0.0713. The highest BCUT2D eigenvalue weighted by molar-refractivity contribution is 5.95. The summed E-state index contributed by atoms with van der Waals surface area (Å²) in [6.45, 7) is 5.48. The maximum absolute atomic E-state index is 13.1. The summed E-state index contributed by atoms with van der Waals surface area (Å²) in [6.07, 6.45) is 5.62. The molecule has 31 heavy (non-hydrogen) atoms. The molecule has 1 N–H and O–H groups in total. The van der Waals surface area contributed by atoms with Crippen molar-refractivity contribution < 1.29 is 19.0 Å². The lowest BCUT2D eigenvalue weighted by Crippen LogP contribution is -2.37. The summed E-state index contributed by atoms with van der Waals surface area (Å²) in [5.41, 5.74) is 3.02. The minimum absolute atomic E-state index is 0.0209. The van der Waals surface area contributed by atoms with E-state index in [1.807, 2.05) is 17.0 Å². The van der Waals surface area contributed by atoms with Crippen molar-refractivity contribution in [2.45, 2.75) is 18.8 Å². The van der Waals surface area contributed by atoms with Crippen molar-refractivity contribution in [3.63, 3.8) is 0 Å². The van der Waals surface area contributed by atoms with Crippen molar-refractivity contribution in [2.75, 3.05) is 33.9 Å². The summed E-state index contributed by atoms with van der Waals surface area (Å²) < 4.78 is 16.4. The number of carbonyl (C=O) groups excluding carboxylic acids is 1. The van der Waals surface area contributed by atoms with Gasteiger partial charge in [-0.1, -0.05) is 12.7 Å². The largest absolute Gasteiger partial charge is 0.497 e. The fourth-order valence-electron chi connectivity index (χ4n) is 4.23. The number of fused-ring (bicyclic) bond motifs is 1. The molecule has 0 saturated carbocycles. The molecule has 0 atom stereocenters. The minimum Gasteiger partial charge on any atom is -0.497 e. The van der Waals surface area contributed by atoms with Crippen LogP contribution in [0.25, 0.3) is 10.9 Å². The number of aromatic nitrogens is 1. The highest BCUT2D eigenvalue weighted by Gasteiger charge is 2.26. The zero-order valence-corrected chi connectivity index (χ0v) is 18.0. The maximum Gasteiger partial charge on any atom is 0.253 e. The number of hydrogen-bond donors (Lipinski definition) is 1. The molecule has 0 unspecified atom stereocenters. The van der Waals surface area contributed by atoms with E-state index in [1.54, 1.807) is 38.5 Å². The van der Waals surface area contributed by atoms with E-state index in [4.69, 9.17) is 14.2 Å². The number of ether oxygens (including phenoxy) is 3. The van der Waals surface area contributed by atoms with Crippen LogP contribution in [0.4, 0.5) is 0 Å². The Bertz CT molecular complexity index is 1080. The first-order valence-corrected chi connectivity index (χ1v) is 10.5. The third-order valence-corrected chi connectivity index (χ3v) is 5.91. The molecule has 0 aliphatic carbocycles. The molecule has 1 saturated heterocycles. The van der Waals surface area contributed by atoms with Crippen molar-refractivity contribution in [1.82, 2.24) is 9.88 Å². The number of benzene rings is 2. The summed E-state index contributed by atoms with van der Waals surface area (Å²) in [7, 11) is 3.26. The molecule has 3 aromatic rings. The molecule has 1 fully saturated rings. The number of piperidine rings is 1. The van der Waals surface area contributed by atoms with Gasteiger partial charge in [0.25, 0.3) is 5.91 Å². The van der Waals surface area contributed by atoms with E-state index in [9.17, 15) is 4.79 Å². The zero-order chi connectivity index (χ0) is 21.8. The monoisotopic (exact) mass is 420 g/mol. The number of aromatic amines is 1. The number of H-pyrrole nitrogens is 1. The van der Waals surface area contributed by atoms with Crippen LogP contribution in [0, 0.1) is 0 Å². The molecule has 1 aliphatic heterocycles. The van der Waals surface area contributed by atoms with Gasteiger partial charge in [0.15, 0.2) is 11.5 Å². The standard InChI is InChI=1S/C25H28N2O4/c1-4-13-31-23-8-5-18(14-24(23)30-3)25(28)27-11-9-17(10-12-27)21-16-26-22-7-6-19(29-2)15-20(21)22/h4-8,14-17,26H,1,9-13H2,2-3H3. The van der Waals surface area contributed by atoms with E-state index in [0.717, 1.165) is 37.2 Å². The number of nitrogens with zero attached hydrogens (tertiary/aromatic N) is 1. The molecular weight excluding hydrogens is 392 g/mol. The molecule has 162 valence electrons. The van der Waals surface area contributed by atoms with Gasteiger partial charge in [0.05, 0.1) is 14.2 Å². The second-order valence-electron chi connectivity index (χ2n) is 7.69. The van der Waals surface area contributed by atoms with Crippen LogP contribution in [-0.4, -0.2) is 49.7 Å². The Morgan fingerprint density at radius 3 is 2.65 bits per heavy atom. The van der Waals surface area contributed by atoms with Crippen LogP contribution in [0.1, 0.15) is 34.7 Å². The van der Waals surface area contributed by atoms with E-state index < -0.39 is 0 Å². The van der Waals surface area contributed by atoms with Gasteiger partial charge in [-0.25, -0.2) is 0 Å². The molecule has 1 aromatic heterocycles. The Labute approximate surface area is 182 Å². The van der Waals surface area contributed by atoms with Crippen molar-refractivity contribution in [3.8, 4) is 17.2 Å². The molecule has 2 aromatic carbocycles. The molecule has 0 radical (unpaired) electrons. The Kier molecular flexibility index (Phi) is 6.16. The molecular formula is C25H28N2O4. The SMILES string of the molecule is C=CCOc1ccc(C(=O)N2CCC(c3c[nH]c4ccc(OC)cc34)CC2)cc1OC. The summed E-state index contributed by atoms with van der Waals surface area (Å²) in [4.78, 5) is 18.4. The summed E-state index contributed by atoms with van der Waals surface area (Å²) >= 11 is 0. The normalized spacial score (nSPS) is 14.5. The van der Waals surface area contributed by atoms with Crippen molar-refractivity contribution in [3.05, 3.63) is 66.4 Å². The lowest BCUT2D eigenvalue weighted by Gasteiger charge is -2.32. The first kappa shape index (κ1) is 20.8.